The van der Waals surface area contributed by atoms with Gasteiger partial charge in [0.25, 0.3) is 0 Å². The van der Waals surface area contributed by atoms with Crippen LogP contribution in [0.15, 0.2) is 182 Å². The Labute approximate surface area is 299 Å². The Morgan fingerprint density at radius 1 is 0.255 bits per heavy atom. The van der Waals surface area contributed by atoms with Crippen LogP contribution in [0.5, 0.6) is 0 Å². The zero-order valence-electron chi connectivity index (χ0n) is 27.7. The van der Waals surface area contributed by atoms with E-state index in [-0.39, 0.29) is 0 Å². The van der Waals surface area contributed by atoms with Crippen LogP contribution < -0.4 is 0 Å². The van der Waals surface area contributed by atoms with Crippen LogP contribution in [-0.4, -0.2) is 0 Å². The van der Waals surface area contributed by atoms with Gasteiger partial charge in [0, 0.05) is 25.7 Å². The van der Waals surface area contributed by atoms with Crippen molar-refractivity contribution in [3.8, 4) is 33.4 Å². The van der Waals surface area contributed by atoms with E-state index in [0.717, 1.165) is 0 Å². The van der Waals surface area contributed by atoms with Gasteiger partial charge in [-0.1, -0.05) is 170 Å². The van der Waals surface area contributed by atoms with E-state index in [1.807, 2.05) is 11.3 Å². The van der Waals surface area contributed by atoms with E-state index in [2.05, 4.69) is 182 Å². The summed E-state index contributed by atoms with van der Waals surface area (Å²) in [5, 5.41) is 15.4. The predicted molar refractivity (Wildman–Crippen MR) is 223 cm³/mol. The van der Waals surface area contributed by atoms with Gasteiger partial charge in [-0.05, 0) is 93.8 Å². The molecule has 0 N–H and O–H groups in total. The van der Waals surface area contributed by atoms with Crippen molar-refractivity contribution in [1.82, 2.24) is 0 Å². The second-order valence-corrected chi connectivity index (χ2v) is 14.6. The smallest absolute Gasteiger partial charge is 0.0434 e. The third-order valence-corrected chi connectivity index (χ3v) is 12.0. The zero-order valence-corrected chi connectivity index (χ0v) is 28.5. The van der Waals surface area contributed by atoms with Crippen molar-refractivity contribution in [2.24, 2.45) is 0 Å². The molecule has 0 radical (unpaired) electrons. The highest BCUT2D eigenvalue weighted by Gasteiger charge is 2.20. The maximum Gasteiger partial charge on any atom is 0.0434 e. The summed E-state index contributed by atoms with van der Waals surface area (Å²) in [6.07, 6.45) is 0. The monoisotopic (exact) mass is 662 g/mol. The van der Waals surface area contributed by atoms with Crippen molar-refractivity contribution in [3.63, 3.8) is 0 Å². The lowest BCUT2D eigenvalue weighted by Crippen LogP contribution is -1.93. The fraction of sp³-hybridized carbons (Fsp3) is 0. The molecule has 11 aromatic rings. The molecule has 0 spiro atoms. The molecular weight excluding hydrogens is 633 g/mol. The highest BCUT2D eigenvalue weighted by atomic mass is 32.1. The van der Waals surface area contributed by atoms with Crippen LogP contribution in [0.2, 0.25) is 0 Å². The van der Waals surface area contributed by atoms with Gasteiger partial charge >= 0.3 is 0 Å². The molecule has 0 aliphatic carbocycles. The molecule has 0 amide bonds. The SMILES string of the molecule is c1ccc2cc3c(cc2c1)sc1c(-c2ccc(-c4c5ccccc5c(-c5cccc6ccccc56)c5ccccc45)c4ccccc24)cccc13. The number of hydrogen-bond acceptors (Lipinski definition) is 1. The quantitative estimate of drug-likeness (QED) is 0.165. The first-order valence-corrected chi connectivity index (χ1v) is 18.4. The van der Waals surface area contributed by atoms with Gasteiger partial charge in [-0.15, -0.1) is 11.3 Å². The van der Waals surface area contributed by atoms with Gasteiger partial charge in [0.05, 0.1) is 0 Å². The average Bonchev–Trinajstić information content (AvgIpc) is 3.56. The van der Waals surface area contributed by atoms with Gasteiger partial charge in [0.1, 0.15) is 0 Å². The zero-order chi connectivity index (χ0) is 33.5. The van der Waals surface area contributed by atoms with Crippen molar-refractivity contribution in [2.75, 3.05) is 0 Å². The maximum absolute atomic E-state index is 2.38. The molecule has 0 nitrogen and oxygen atoms in total. The minimum Gasteiger partial charge on any atom is -0.135 e. The van der Waals surface area contributed by atoms with E-state index in [9.17, 15) is 0 Å². The molecular formula is C50H30S. The van der Waals surface area contributed by atoms with Crippen LogP contribution in [0.4, 0.5) is 0 Å². The van der Waals surface area contributed by atoms with Crippen LogP contribution in [-0.2, 0) is 0 Å². The number of rotatable bonds is 3. The van der Waals surface area contributed by atoms with Crippen LogP contribution in [0, 0.1) is 0 Å². The molecule has 51 heavy (non-hydrogen) atoms. The first kappa shape index (κ1) is 28.5. The number of hydrogen-bond donors (Lipinski definition) is 0. The minimum atomic E-state index is 1.26. The van der Waals surface area contributed by atoms with Gasteiger partial charge in [-0.25, -0.2) is 0 Å². The summed E-state index contributed by atoms with van der Waals surface area (Å²) in [5.41, 5.74) is 7.70. The van der Waals surface area contributed by atoms with Crippen LogP contribution in [0.25, 0.3) is 107 Å². The summed E-state index contributed by atoms with van der Waals surface area (Å²) >= 11 is 1.91. The first-order valence-electron chi connectivity index (χ1n) is 17.6. The molecule has 1 heteroatoms. The Bertz CT molecular complexity index is 3130. The van der Waals surface area contributed by atoms with Gasteiger partial charge in [-0.2, -0.15) is 0 Å². The summed E-state index contributed by atoms with van der Waals surface area (Å²) < 4.78 is 2.68. The van der Waals surface area contributed by atoms with Gasteiger partial charge in [0.2, 0.25) is 0 Å². The minimum absolute atomic E-state index is 1.26. The molecule has 0 aliphatic heterocycles. The Kier molecular flexibility index (Phi) is 6.22. The average molecular weight is 663 g/mol. The molecule has 0 fully saturated rings. The molecule has 0 bridgehead atoms. The van der Waals surface area contributed by atoms with Gasteiger partial charge in [-0.3, -0.25) is 0 Å². The summed E-state index contributed by atoms with van der Waals surface area (Å²) in [6, 6.07) is 67.5. The van der Waals surface area contributed by atoms with E-state index in [0.29, 0.717) is 0 Å². The van der Waals surface area contributed by atoms with Crippen molar-refractivity contribution in [2.45, 2.75) is 0 Å². The molecule has 1 aromatic heterocycles. The molecule has 1 heterocycles. The standard InChI is InChI=1S/C50H30S/c1-2-15-33-30-47-46(29-32(33)14-1)45-26-12-25-44(50(45)51-47)37-27-28-43(36-19-6-5-18-35(36)37)49-41-22-9-7-20-39(41)48(40-21-8-10-23-42(40)49)38-24-11-16-31-13-3-4-17-34(31)38/h1-30H. The lowest BCUT2D eigenvalue weighted by atomic mass is 9.83. The van der Waals surface area contributed by atoms with Crippen LogP contribution >= 0.6 is 11.3 Å². The van der Waals surface area contributed by atoms with E-state index in [4.69, 9.17) is 0 Å². The van der Waals surface area contributed by atoms with E-state index >= 15 is 0 Å². The van der Waals surface area contributed by atoms with Crippen molar-refractivity contribution >= 4 is 85.4 Å². The third-order valence-electron chi connectivity index (χ3n) is 10.8. The number of fused-ring (bicyclic) bond motifs is 8. The fourth-order valence-electron chi connectivity index (χ4n) is 8.60. The predicted octanol–water partition coefficient (Wildman–Crippen LogP) is 14.8. The number of benzene rings is 10. The fourth-order valence-corrected chi connectivity index (χ4v) is 9.86. The van der Waals surface area contributed by atoms with Crippen molar-refractivity contribution in [3.05, 3.63) is 182 Å². The Balaban J connectivity index is 1.19. The highest BCUT2D eigenvalue weighted by Crippen LogP contribution is 2.49. The topological polar surface area (TPSA) is 0 Å². The summed E-state index contributed by atoms with van der Waals surface area (Å²) in [5.74, 6) is 0. The second kappa shape index (κ2) is 11.1. The van der Waals surface area contributed by atoms with E-state index < -0.39 is 0 Å². The van der Waals surface area contributed by atoms with Gasteiger partial charge < -0.3 is 0 Å². The lowest BCUT2D eigenvalue weighted by molar-refractivity contribution is 1.68. The second-order valence-electron chi connectivity index (χ2n) is 13.6. The molecule has 0 unspecified atom stereocenters. The molecule has 10 aromatic carbocycles. The highest BCUT2D eigenvalue weighted by molar-refractivity contribution is 7.26. The summed E-state index contributed by atoms with van der Waals surface area (Å²) in [7, 11) is 0. The molecule has 0 aliphatic rings. The maximum atomic E-state index is 2.38. The van der Waals surface area contributed by atoms with Crippen molar-refractivity contribution in [1.29, 1.82) is 0 Å². The first-order chi connectivity index (χ1) is 25.3. The van der Waals surface area contributed by atoms with Gasteiger partial charge in [0.15, 0.2) is 0 Å². The van der Waals surface area contributed by atoms with E-state index in [1.54, 1.807) is 0 Å². The molecule has 0 saturated carbocycles. The Morgan fingerprint density at radius 2 is 0.686 bits per heavy atom. The molecule has 11 rings (SSSR count). The Morgan fingerprint density at radius 3 is 1.35 bits per heavy atom. The molecule has 0 saturated heterocycles. The third kappa shape index (κ3) is 4.26. The normalized spacial score (nSPS) is 11.9. The molecule has 236 valence electrons. The Hall–Kier alpha value is -6.28. The van der Waals surface area contributed by atoms with Crippen molar-refractivity contribution < 1.29 is 0 Å². The number of thiophene rings is 1. The van der Waals surface area contributed by atoms with E-state index in [1.165, 1.54) is 107 Å². The van der Waals surface area contributed by atoms with Crippen LogP contribution in [0.3, 0.4) is 0 Å². The summed E-state index contributed by atoms with van der Waals surface area (Å²) in [4.78, 5) is 0. The summed E-state index contributed by atoms with van der Waals surface area (Å²) in [6.45, 7) is 0. The lowest BCUT2D eigenvalue weighted by Gasteiger charge is -2.20. The van der Waals surface area contributed by atoms with Crippen LogP contribution in [0.1, 0.15) is 0 Å². The molecule has 0 atom stereocenters. The largest absolute Gasteiger partial charge is 0.135 e.